The lowest BCUT2D eigenvalue weighted by Gasteiger charge is -2.46. The summed E-state index contributed by atoms with van der Waals surface area (Å²) in [5, 5.41) is 87.7. The van der Waals surface area contributed by atoms with Gasteiger partial charge in [0.1, 0.15) is 48.8 Å². The number of aliphatic hydroxyl groups excluding tert-OH is 8. The van der Waals surface area contributed by atoms with Gasteiger partial charge in [-0.25, -0.2) is 0 Å². The third kappa shape index (κ3) is 52.7. The number of hydrogen-bond donors (Lipinski definition) is 9. The van der Waals surface area contributed by atoms with Crippen molar-refractivity contribution < 1.29 is 64.6 Å². The monoisotopic (exact) mass is 1420 g/mol. The SMILES string of the molecule is CC/C=C\C/C=C\C/C=C\C/C=C\CCCCCCCCCCCCCCCCCCCCCCCCCCCCC(=O)NC(COC1OC(CO)C(OC2OC(CO)C(O)C(O)C2O)C(O)C1O)C(O)/C=C/CC/C=C/CC/C=C/CCCCCCCCCCCCCCCCCCCC. The maximum atomic E-state index is 13.4. The molecule has 101 heavy (non-hydrogen) atoms. The maximum absolute atomic E-state index is 13.4. The molecule has 14 heteroatoms. The molecule has 0 bridgehead atoms. The fraction of sp³-hybridized carbons (Fsp3) is 0.828. The summed E-state index contributed by atoms with van der Waals surface area (Å²) in [6.45, 7) is 2.71. The van der Waals surface area contributed by atoms with Crippen molar-refractivity contribution in [3.05, 3.63) is 85.1 Å². The average Bonchev–Trinajstić information content (AvgIpc) is 0.790. The van der Waals surface area contributed by atoms with Crippen LogP contribution in [0.15, 0.2) is 85.1 Å². The molecule has 0 aromatic carbocycles. The minimum atomic E-state index is -1.80. The van der Waals surface area contributed by atoms with Gasteiger partial charge in [0, 0.05) is 6.42 Å². The van der Waals surface area contributed by atoms with E-state index in [1.807, 2.05) is 6.08 Å². The van der Waals surface area contributed by atoms with Gasteiger partial charge in [0.05, 0.1) is 32.0 Å². The van der Waals surface area contributed by atoms with E-state index in [9.17, 15) is 45.6 Å². The highest BCUT2D eigenvalue weighted by Crippen LogP contribution is 2.30. The summed E-state index contributed by atoms with van der Waals surface area (Å²) >= 11 is 0. The summed E-state index contributed by atoms with van der Waals surface area (Å²) in [4.78, 5) is 13.4. The Labute approximate surface area is 618 Å². The molecule has 2 fully saturated rings. The highest BCUT2D eigenvalue weighted by Gasteiger charge is 2.51. The van der Waals surface area contributed by atoms with Crippen LogP contribution in [0.25, 0.3) is 0 Å². The van der Waals surface area contributed by atoms with Gasteiger partial charge in [-0.1, -0.05) is 362 Å². The Kier molecular flexibility index (Phi) is 65.5. The quantitative estimate of drug-likeness (QED) is 0.0204. The lowest BCUT2D eigenvalue weighted by atomic mass is 9.97. The number of rotatable bonds is 71. The van der Waals surface area contributed by atoms with Crippen LogP contribution in [-0.4, -0.2) is 140 Å². The van der Waals surface area contributed by atoms with Gasteiger partial charge in [-0.05, 0) is 83.5 Å². The van der Waals surface area contributed by atoms with E-state index >= 15 is 0 Å². The number of carbonyl (C=O) groups excluding carboxylic acids is 1. The molecule has 0 aromatic heterocycles. The second-order valence-corrected chi connectivity index (χ2v) is 29.6. The topological polar surface area (TPSA) is 228 Å². The summed E-state index contributed by atoms with van der Waals surface area (Å²) in [6.07, 6.45) is 82.6. The maximum Gasteiger partial charge on any atom is 0.220 e. The number of carbonyl (C=O) groups is 1. The van der Waals surface area contributed by atoms with E-state index in [0.29, 0.717) is 12.8 Å². The van der Waals surface area contributed by atoms with Gasteiger partial charge in [-0.3, -0.25) is 4.79 Å². The van der Waals surface area contributed by atoms with Gasteiger partial charge in [-0.2, -0.15) is 0 Å². The molecule has 0 aromatic rings. The Balaban J connectivity index is 1.59. The summed E-state index contributed by atoms with van der Waals surface area (Å²) < 4.78 is 22.9. The molecular formula is C87H157NO13. The first-order chi connectivity index (χ1) is 49.6. The molecule has 1 amide bonds. The van der Waals surface area contributed by atoms with Gasteiger partial charge >= 0.3 is 0 Å². The molecule has 12 unspecified atom stereocenters. The zero-order chi connectivity index (χ0) is 73.0. The molecule has 2 aliphatic heterocycles. The largest absolute Gasteiger partial charge is 0.394 e. The van der Waals surface area contributed by atoms with E-state index in [4.69, 9.17) is 18.9 Å². The standard InChI is InChI=1S/C87H157NO13/c1-3-5-7-9-11-13-15-17-19-21-23-25-27-29-31-33-34-35-36-37-38-39-40-41-42-43-45-47-49-51-53-55-57-59-61-63-65-67-69-71-79(92)88-75(74-98-86-84(97)82(95)85(78(73-90)100-86)101-87-83(96)81(94)80(93)77(72-89)99-87)76(91)70-68-66-64-62-60-58-56-54-52-50-48-46-44-32-30-28-26-24-22-20-18-16-14-12-10-8-6-4-2/h5,7,11,13,17,19,23,25,52,54,60,62,68,70,75-78,80-87,89-91,93-97H,3-4,6,8-10,12,14-16,18,20-22,24,26-51,53,55-59,61,63-67,69,71-74H2,1-2H3,(H,88,92)/b7-5-,13-11-,19-17-,25-23-,54-52+,62-60+,70-68+. The van der Waals surface area contributed by atoms with E-state index in [2.05, 4.69) is 92.1 Å². The highest BCUT2D eigenvalue weighted by atomic mass is 16.7. The Morgan fingerprint density at radius 3 is 1.09 bits per heavy atom. The van der Waals surface area contributed by atoms with E-state index < -0.39 is 86.8 Å². The fourth-order valence-electron chi connectivity index (χ4n) is 13.7. The number of amides is 1. The van der Waals surface area contributed by atoms with Crippen molar-refractivity contribution in [3.63, 3.8) is 0 Å². The molecule has 0 aliphatic carbocycles. The van der Waals surface area contributed by atoms with Crippen molar-refractivity contribution in [3.8, 4) is 0 Å². The highest BCUT2D eigenvalue weighted by molar-refractivity contribution is 5.76. The zero-order valence-electron chi connectivity index (χ0n) is 64.6. The van der Waals surface area contributed by atoms with E-state index in [1.165, 1.54) is 263 Å². The van der Waals surface area contributed by atoms with Crippen LogP contribution in [-0.2, 0) is 23.7 Å². The molecule has 2 saturated heterocycles. The van der Waals surface area contributed by atoms with Crippen LogP contribution in [0.2, 0.25) is 0 Å². The Hall–Kier alpha value is -2.83. The van der Waals surface area contributed by atoms with Crippen LogP contribution >= 0.6 is 0 Å². The Morgan fingerprint density at radius 1 is 0.366 bits per heavy atom. The number of aliphatic hydroxyl groups is 8. The molecule has 0 spiro atoms. The second kappa shape index (κ2) is 70.2. The summed E-state index contributed by atoms with van der Waals surface area (Å²) in [7, 11) is 0. The summed E-state index contributed by atoms with van der Waals surface area (Å²) in [6, 6.07) is -0.942. The molecule has 0 saturated carbocycles. The van der Waals surface area contributed by atoms with Gasteiger partial charge in [-0.15, -0.1) is 0 Å². The van der Waals surface area contributed by atoms with E-state index in [-0.39, 0.29) is 18.9 Å². The molecule has 0 radical (unpaired) electrons. The van der Waals surface area contributed by atoms with Crippen molar-refractivity contribution >= 4 is 5.91 Å². The predicted octanol–water partition coefficient (Wildman–Crippen LogP) is 19.9. The van der Waals surface area contributed by atoms with Crippen LogP contribution in [0, 0.1) is 0 Å². The lowest BCUT2D eigenvalue weighted by molar-refractivity contribution is -0.359. The smallest absolute Gasteiger partial charge is 0.220 e. The Bertz CT molecular complexity index is 2020. The van der Waals surface area contributed by atoms with Crippen molar-refractivity contribution in [1.82, 2.24) is 5.32 Å². The van der Waals surface area contributed by atoms with Crippen LogP contribution < -0.4 is 5.32 Å². The number of hydrogen-bond acceptors (Lipinski definition) is 13. The fourth-order valence-corrected chi connectivity index (χ4v) is 13.7. The van der Waals surface area contributed by atoms with Crippen LogP contribution in [0.1, 0.15) is 367 Å². The molecule has 2 rings (SSSR count). The number of allylic oxidation sites excluding steroid dienone is 13. The summed E-state index contributed by atoms with van der Waals surface area (Å²) in [5.74, 6) is -0.247. The molecule has 588 valence electrons. The summed E-state index contributed by atoms with van der Waals surface area (Å²) in [5.41, 5.74) is 0. The minimum absolute atomic E-state index is 0.247. The first-order valence-corrected chi connectivity index (χ1v) is 42.3. The average molecular weight is 1430 g/mol. The third-order valence-electron chi connectivity index (χ3n) is 20.3. The number of unbranched alkanes of at least 4 members (excludes halogenated alkanes) is 46. The first kappa shape index (κ1) is 94.3. The van der Waals surface area contributed by atoms with E-state index in [1.54, 1.807) is 6.08 Å². The van der Waals surface area contributed by atoms with Crippen LogP contribution in [0.5, 0.6) is 0 Å². The van der Waals surface area contributed by atoms with Crippen LogP contribution in [0.4, 0.5) is 0 Å². The predicted molar refractivity (Wildman–Crippen MR) is 420 cm³/mol. The van der Waals surface area contributed by atoms with Crippen LogP contribution in [0.3, 0.4) is 0 Å². The molecular weight excluding hydrogens is 1270 g/mol. The lowest BCUT2D eigenvalue weighted by Crippen LogP contribution is -2.65. The molecule has 2 aliphatic rings. The van der Waals surface area contributed by atoms with Gasteiger partial charge in [0.2, 0.25) is 5.91 Å². The van der Waals surface area contributed by atoms with E-state index in [0.717, 1.165) is 70.6 Å². The van der Waals surface area contributed by atoms with Gasteiger partial charge in [0.15, 0.2) is 12.6 Å². The first-order valence-electron chi connectivity index (χ1n) is 42.3. The van der Waals surface area contributed by atoms with Gasteiger partial charge in [0.25, 0.3) is 0 Å². The zero-order valence-corrected chi connectivity index (χ0v) is 64.6. The second-order valence-electron chi connectivity index (χ2n) is 29.6. The van der Waals surface area contributed by atoms with Gasteiger partial charge < -0.3 is 65.1 Å². The van der Waals surface area contributed by atoms with Crippen molar-refractivity contribution in [1.29, 1.82) is 0 Å². The van der Waals surface area contributed by atoms with Crippen molar-refractivity contribution in [2.24, 2.45) is 0 Å². The third-order valence-corrected chi connectivity index (χ3v) is 20.3. The number of ether oxygens (including phenoxy) is 4. The van der Waals surface area contributed by atoms with Crippen molar-refractivity contribution in [2.75, 3.05) is 19.8 Å². The molecule has 2 heterocycles. The normalized spacial score (nSPS) is 22.2. The molecule has 9 N–H and O–H groups in total. The molecule has 14 nitrogen and oxygen atoms in total. The van der Waals surface area contributed by atoms with Crippen molar-refractivity contribution in [2.45, 2.75) is 441 Å². The number of nitrogens with one attached hydrogen (secondary N) is 1. The Morgan fingerprint density at radius 2 is 0.693 bits per heavy atom. The minimum Gasteiger partial charge on any atom is -0.394 e. The molecule has 12 atom stereocenters.